The monoisotopic (exact) mass is 300 g/mol. The number of aromatic nitrogens is 2. The van der Waals surface area contributed by atoms with Gasteiger partial charge in [0.2, 0.25) is 5.88 Å². The second-order valence-corrected chi connectivity index (χ2v) is 4.79. The van der Waals surface area contributed by atoms with Crippen LogP contribution in [0, 0.1) is 0 Å². The number of thiophene rings is 1. The van der Waals surface area contributed by atoms with Crippen LogP contribution in [-0.2, 0) is 0 Å². The normalized spacial score (nSPS) is 12.4. The number of ether oxygens (including phenoxy) is 1. The Labute approximate surface area is 105 Å². The molecule has 0 fully saturated rings. The van der Waals surface area contributed by atoms with Crippen LogP contribution in [0.4, 0.5) is 0 Å². The highest BCUT2D eigenvalue weighted by Crippen LogP contribution is 2.34. The molecule has 1 N–H and O–H groups in total. The maximum Gasteiger partial charge on any atom is 0.238 e. The van der Waals surface area contributed by atoms with E-state index in [1.165, 1.54) is 30.8 Å². The first kappa shape index (κ1) is 11.5. The summed E-state index contributed by atoms with van der Waals surface area (Å²) < 4.78 is 5.92. The molecular formula is C10H9BrN2O2S. The van der Waals surface area contributed by atoms with Crippen molar-refractivity contribution in [1.82, 2.24) is 9.97 Å². The molecule has 2 aromatic rings. The Hall–Kier alpha value is -0.980. The Morgan fingerprint density at radius 3 is 2.81 bits per heavy atom. The first-order valence-electron chi connectivity index (χ1n) is 4.50. The van der Waals surface area contributed by atoms with Crippen molar-refractivity contribution in [1.29, 1.82) is 0 Å². The highest BCUT2D eigenvalue weighted by molar-refractivity contribution is 9.10. The van der Waals surface area contributed by atoms with Crippen molar-refractivity contribution in [3.63, 3.8) is 0 Å². The first-order chi connectivity index (χ1) is 7.74. The van der Waals surface area contributed by atoms with Crippen molar-refractivity contribution >= 4 is 27.3 Å². The summed E-state index contributed by atoms with van der Waals surface area (Å²) in [5.41, 5.74) is 0.424. The highest BCUT2D eigenvalue weighted by Gasteiger charge is 2.20. The number of methoxy groups -OCH3 is 1. The van der Waals surface area contributed by atoms with E-state index in [9.17, 15) is 5.11 Å². The van der Waals surface area contributed by atoms with Gasteiger partial charge in [0.25, 0.3) is 0 Å². The van der Waals surface area contributed by atoms with Gasteiger partial charge in [-0.3, -0.25) is 4.98 Å². The molecule has 1 unspecified atom stereocenters. The molecule has 84 valence electrons. The van der Waals surface area contributed by atoms with Gasteiger partial charge in [-0.05, 0) is 27.4 Å². The van der Waals surface area contributed by atoms with E-state index in [0.29, 0.717) is 11.6 Å². The number of halogens is 1. The van der Waals surface area contributed by atoms with Crippen LogP contribution in [-0.4, -0.2) is 22.2 Å². The van der Waals surface area contributed by atoms with Crippen LogP contribution in [0.15, 0.2) is 28.3 Å². The topological polar surface area (TPSA) is 55.2 Å². The average Bonchev–Trinajstić information content (AvgIpc) is 2.74. The van der Waals surface area contributed by atoms with E-state index in [4.69, 9.17) is 4.74 Å². The van der Waals surface area contributed by atoms with Gasteiger partial charge in [0, 0.05) is 16.9 Å². The number of hydrogen-bond acceptors (Lipinski definition) is 5. The van der Waals surface area contributed by atoms with Gasteiger partial charge in [0.05, 0.1) is 12.0 Å². The largest absolute Gasteiger partial charge is 0.480 e. The van der Waals surface area contributed by atoms with Crippen LogP contribution in [0.25, 0.3) is 0 Å². The lowest BCUT2D eigenvalue weighted by Crippen LogP contribution is -2.05. The Kier molecular flexibility index (Phi) is 3.52. The van der Waals surface area contributed by atoms with E-state index in [2.05, 4.69) is 25.9 Å². The van der Waals surface area contributed by atoms with Crippen molar-refractivity contribution in [3.05, 3.63) is 38.9 Å². The molecule has 0 saturated heterocycles. The van der Waals surface area contributed by atoms with Crippen LogP contribution in [0.5, 0.6) is 5.88 Å². The zero-order chi connectivity index (χ0) is 11.5. The fourth-order valence-corrected chi connectivity index (χ4v) is 2.88. The summed E-state index contributed by atoms with van der Waals surface area (Å²) in [4.78, 5) is 8.89. The predicted octanol–water partition coefficient (Wildman–Crippen LogP) is 2.39. The summed E-state index contributed by atoms with van der Waals surface area (Å²) in [6.07, 6.45) is 2.24. The minimum absolute atomic E-state index is 0.343. The summed E-state index contributed by atoms with van der Waals surface area (Å²) in [5.74, 6) is 0.343. The predicted molar refractivity (Wildman–Crippen MR) is 64.7 cm³/mol. The molecule has 2 heterocycles. The van der Waals surface area contributed by atoms with Gasteiger partial charge in [-0.15, -0.1) is 11.3 Å². The lowest BCUT2D eigenvalue weighted by Gasteiger charge is -2.11. The second-order valence-electron chi connectivity index (χ2n) is 2.99. The van der Waals surface area contributed by atoms with Crippen molar-refractivity contribution in [3.8, 4) is 5.88 Å². The highest BCUT2D eigenvalue weighted by atomic mass is 79.9. The van der Waals surface area contributed by atoms with Gasteiger partial charge in [-0.25, -0.2) is 4.98 Å². The third kappa shape index (κ3) is 2.09. The summed E-state index contributed by atoms with van der Waals surface area (Å²) in [7, 11) is 1.50. The minimum atomic E-state index is -0.821. The maximum absolute atomic E-state index is 10.2. The zero-order valence-corrected chi connectivity index (χ0v) is 10.8. The van der Waals surface area contributed by atoms with Gasteiger partial charge in [0.1, 0.15) is 11.8 Å². The van der Waals surface area contributed by atoms with Gasteiger partial charge in [-0.1, -0.05) is 0 Å². The summed E-state index contributed by atoms with van der Waals surface area (Å²) in [6, 6.07) is 1.88. The molecule has 1 atom stereocenters. The quantitative estimate of drug-likeness (QED) is 0.946. The number of hydrogen-bond donors (Lipinski definition) is 1. The third-order valence-corrected chi connectivity index (χ3v) is 3.96. The molecule has 0 bridgehead atoms. The SMILES string of the molecule is COc1nccnc1C(O)c1sccc1Br. The molecule has 2 rings (SSSR count). The molecule has 0 aliphatic carbocycles. The second kappa shape index (κ2) is 4.90. The Morgan fingerprint density at radius 1 is 1.44 bits per heavy atom. The van der Waals surface area contributed by atoms with E-state index in [1.807, 2.05) is 11.4 Å². The molecule has 6 heteroatoms. The van der Waals surface area contributed by atoms with Crippen LogP contribution in [0.2, 0.25) is 0 Å². The molecule has 0 spiro atoms. The van der Waals surface area contributed by atoms with E-state index < -0.39 is 6.10 Å². The molecule has 0 saturated carbocycles. The number of aliphatic hydroxyl groups is 1. The Balaban J connectivity index is 2.41. The molecule has 0 radical (unpaired) electrons. The van der Waals surface area contributed by atoms with E-state index in [1.54, 1.807) is 0 Å². The van der Waals surface area contributed by atoms with E-state index in [-0.39, 0.29) is 0 Å². The molecule has 0 amide bonds. The zero-order valence-electron chi connectivity index (χ0n) is 8.42. The summed E-state index contributed by atoms with van der Waals surface area (Å²) >= 11 is 4.82. The third-order valence-electron chi connectivity index (χ3n) is 2.04. The fraction of sp³-hybridized carbons (Fsp3) is 0.200. The minimum Gasteiger partial charge on any atom is -0.480 e. The molecule has 0 aromatic carbocycles. The van der Waals surface area contributed by atoms with E-state index >= 15 is 0 Å². The fourth-order valence-electron chi connectivity index (χ4n) is 1.31. The number of rotatable bonds is 3. The molecule has 0 aliphatic rings. The standard InChI is InChI=1S/C10H9BrN2O2S/c1-15-10-7(12-3-4-13-10)8(14)9-6(11)2-5-16-9/h2-5,8,14H,1H3. The number of aliphatic hydroxyl groups excluding tert-OH is 1. The maximum atomic E-state index is 10.2. The van der Waals surface area contributed by atoms with Crippen molar-refractivity contribution in [2.45, 2.75) is 6.10 Å². The van der Waals surface area contributed by atoms with Crippen LogP contribution < -0.4 is 4.74 Å². The smallest absolute Gasteiger partial charge is 0.238 e. The van der Waals surface area contributed by atoms with Crippen LogP contribution in [0.3, 0.4) is 0 Å². The Bertz CT molecular complexity index is 489. The molecule has 2 aromatic heterocycles. The van der Waals surface area contributed by atoms with Gasteiger partial charge >= 0.3 is 0 Å². The number of nitrogens with zero attached hydrogens (tertiary/aromatic N) is 2. The Morgan fingerprint density at radius 2 is 2.19 bits per heavy atom. The average molecular weight is 301 g/mol. The van der Waals surface area contributed by atoms with Gasteiger partial charge in [0.15, 0.2) is 0 Å². The van der Waals surface area contributed by atoms with Crippen LogP contribution >= 0.6 is 27.3 Å². The summed E-state index contributed by atoms with van der Waals surface area (Å²) in [5, 5.41) is 12.1. The lowest BCUT2D eigenvalue weighted by molar-refractivity contribution is 0.210. The van der Waals surface area contributed by atoms with Gasteiger partial charge in [-0.2, -0.15) is 0 Å². The lowest BCUT2D eigenvalue weighted by atomic mass is 10.2. The molecule has 16 heavy (non-hydrogen) atoms. The van der Waals surface area contributed by atoms with Crippen molar-refractivity contribution < 1.29 is 9.84 Å². The molecule has 0 aliphatic heterocycles. The molecule has 4 nitrogen and oxygen atoms in total. The first-order valence-corrected chi connectivity index (χ1v) is 6.17. The molecular weight excluding hydrogens is 292 g/mol. The van der Waals surface area contributed by atoms with Crippen molar-refractivity contribution in [2.24, 2.45) is 0 Å². The summed E-state index contributed by atoms with van der Waals surface area (Å²) in [6.45, 7) is 0. The van der Waals surface area contributed by atoms with Crippen molar-refractivity contribution in [2.75, 3.05) is 7.11 Å². The van der Waals surface area contributed by atoms with Crippen LogP contribution in [0.1, 0.15) is 16.7 Å². The van der Waals surface area contributed by atoms with E-state index in [0.717, 1.165) is 9.35 Å². The van der Waals surface area contributed by atoms with Gasteiger partial charge < -0.3 is 9.84 Å².